The monoisotopic (exact) mass is 295 g/mol. The summed E-state index contributed by atoms with van der Waals surface area (Å²) in [5.74, 6) is 0.246. The summed E-state index contributed by atoms with van der Waals surface area (Å²) in [4.78, 5) is 11.8. The quantitative estimate of drug-likeness (QED) is 0.877. The van der Waals surface area contributed by atoms with Crippen LogP contribution in [-0.4, -0.2) is 23.7 Å². The molecule has 2 unspecified atom stereocenters. The van der Waals surface area contributed by atoms with Crippen LogP contribution in [0.1, 0.15) is 37.7 Å². The number of carbonyl (C=O) groups excluding carboxylic acids is 1. The maximum Gasteiger partial charge on any atom is 0.220 e. The van der Waals surface area contributed by atoms with Gasteiger partial charge in [0.25, 0.3) is 0 Å². The predicted molar refractivity (Wildman–Crippen MR) is 80.7 cm³/mol. The number of rotatable bonds is 5. The number of amides is 1. The van der Waals surface area contributed by atoms with Crippen LogP contribution in [0.25, 0.3) is 0 Å². The maximum atomic E-state index is 11.8. The van der Waals surface area contributed by atoms with Crippen molar-refractivity contribution in [2.24, 2.45) is 5.92 Å². The molecular formula is C16H22ClNO2. The molecule has 1 aromatic carbocycles. The Balaban J connectivity index is 1.71. The summed E-state index contributed by atoms with van der Waals surface area (Å²) in [5, 5.41) is 13.5. The van der Waals surface area contributed by atoms with E-state index in [1.165, 1.54) is 0 Å². The zero-order chi connectivity index (χ0) is 14.4. The van der Waals surface area contributed by atoms with Crippen molar-refractivity contribution in [3.63, 3.8) is 0 Å². The lowest BCUT2D eigenvalue weighted by Gasteiger charge is -2.27. The second-order valence-electron chi connectivity index (χ2n) is 5.51. The van der Waals surface area contributed by atoms with Gasteiger partial charge < -0.3 is 10.4 Å². The van der Waals surface area contributed by atoms with Crippen molar-refractivity contribution in [3.8, 4) is 0 Å². The fourth-order valence-electron chi connectivity index (χ4n) is 2.71. The molecule has 1 aromatic rings. The van der Waals surface area contributed by atoms with Gasteiger partial charge in [0.15, 0.2) is 0 Å². The van der Waals surface area contributed by atoms with Gasteiger partial charge in [-0.1, -0.05) is 42.6 Å². The minimum Gasteiger partial charge on any atom is -0.393 e. The SMILES string of the molecule is O=C(CCc1ccccc1Cl)NCC1CCCCC1O. The summed E-state index contributed by atoms with van der Waals surface area (Å²) in [6.45, 7) is 0.586. The summed E-state index contributed by atoms with van der Waals surface area (Å²) in [7, 11) is 0. The van der Waals surface area contributed by atoms with Crippen molar-refractivity contribution in [2.45, 2.75) is 44.6 Å². The van der Waals surface area contributed by atoms with E-state index in [-0.39, 0.29) is 17.9 Å². The molecule has 0 aliphatic heterocycles. The fourth-order valence-corrected chi connectivity index (χ4v) is 2.94. The van der Waals surface area contributed by atoms with Crippen molar-refractivity contribution < 1.29 is 9.90 Å². The van der Waals surface area contributed by atoms with E-state index in [4.69, 9.17) is 11.6 Å². The standard InChI is InChI=1S/C16H22ClNO2/c17-14-7-3-1-5-12(14)9-10-16(20)18-11-13-6-2-4-8-15(13)19/h1,3,5,7,13,15,19H,2,4,6,8-11H2,(H,18,20). The van der Waals surface area contributed by atoms with Crippen LogP contribution >= 0.6 is 11.6 Å². The van der Waals surface area contributed by atoms with Crippen LogP contribution in [0.2, 0.25) is 5.02 Å². The van der Waals surface area contributed by atoms with E-state index in [9.17, 15) is 9.90 Å². The molecule has 110 valence electrons. The number of aliphatic hydroxyl groups excluding tert-OH is 1. The number of halogens is 1. The first-order valence-corrected chi connectivity index (χ1v) is 7.73. The molecule has 2 rings (SSSR count). The molecule has 1 aliphatic carbocycles. The van der Waals surface area contributed by atoms with Gasteiger partial charge in [-0.15, -0.1) is 0 Å². The number of aryl methyl sites for hydroxylation is 1. The number of benzene rings is 1. The van der Waals surface area contributed by atoms with Gasteiger partial charge in [-0.05, 0) is 30.9 Å². The Morgan fingerprint density at radius 3 is 2.80 bits per heavy atom. The average molecular weight is 296 g/mol. The highest BCUT2D eigenvalue weighted by molar-refractivity contribution is 6.31. The van der Waals surface area contributed by atoms with Crippen molar-refractivity contribution in [1.29, 1.82) is 0 Å². The molecule has 2 N–H and O–H groups in total. The van der Waals surface area contributed by atoms with Gasteiger partial charge >= 0.3 is 0 Å². The molecule has 1 amide bonds. The van der Waals surface area contributed by atoms with Gasteiger partial charge in [0.05, 0.1) is 6.10 Å². The van der Waals surface area contributed by atoms with Crippen molar-refractivity contribution in [1.82, 2.24) is 5.32 Å². The second kappa shape index (κ2) is 7.65. The van der Waals surface area contributed by atoms with E-state index in [2.05, 4.69) is 5.32 Å². The fraction of sp³-hybridized carbons (Fsp3) is 0.562. The first kappa shape index (κ1) is 15.3. The number of carbonyl (C=O) groups is 1. The van der Waals surface area contributed by atoms with E-state index >= 15 is 0 Å². The van der Waals surface area contributed by atoms with Crippen LogP contribution < -0.4 is 5.32 Å². The van der Waals surface area contributed by atoms with Gasteiger partial charge in [0, 0.05) is 23.9 Å². The summed E-state index contributed by atoms with van der Waals surface area (Å²) in [6, 6.07) is 7.60. The molecule has 0 bridgehead atoms. The molecule has 2 atom stereocenters. The van der Waals surface area contributed by atoms with E-state index in [0.29, 0.717) is 24.4 Å². The molecule has 1 aliphatic rings. The van der Waals surface area contributed by atoms with E-state index in [0.717, 1.165) is 31.2 Å². The lowest BCUT2D eigenvalue weighted by atomic mass is 9.86. The minimum absolute atomic E-state index is 0.0303. The molecule has 0 spiro atoms. The van der Waals surface area contributed by atoms with Crippen LogP contribution in [0, 0.1) is 5.92 Å². The molecule has 0 radical (unpaired) electrons. The largest absolute Gasteiger partial charge is 0.393 e. The van der Waals surface area contributed by atoms with E-state index in [1.807, 2.05) is 24.3 Å². The molecule has 0 aromatic heterocycles. The smallest absolute Gasteiger partial charge is 0.220 e. The molecule has 3 nitrogen and oxygen atoms in total. The third kappa shape index (κ3) is 4.50. The lowest BCUT2D eigenvalue weighted by molar-refractivity contribution is -0.121. The molecule has 1 fully saturated rings. The van der Waals surface area contributed by atoms with Gasteiger partial charge in [-0.3, -0.25) is 4.79 Å². The van der Waals surface area contributed by atoms with Gasteiger partial charge in [0.2, 0.25) is 5.91 Å². The molecule has 1 saturated carbocycles. The Hall–Kier alpha value is -1.06. The number of hydrogen-bond acceptors (Lipinski definition) is 2. The zero-order valence-corrected chi connectivity index (χ0v) is 12.4. The van der Waals surface area contributed by atoms with Gasteiger partial charge in [-0.2, -0.15) is 0 Å². The first-order valence-electron chi connectivity index (χ1n) is 7.35. The highest BCUT2D eigenvalue weighted by Gasteiger charge is 2.23. The van der Waals surface area contributed by atoms with E-state index in [1.54, 1.807) is 0 Å². The Kier molecular flexibility index (Phi) is 5.86. The van der Waals surface area contributed by atoms with Crippen molar-refractivity contribution in [3.05, 3.63) is 34.9 Å². The lowest BCUT2D eigenvalue weighted by Crippen LogP contribution is -2.36. The number of nitrogens with one attached hydrogen (secondary N) is 1. The summed E-state index contributed by atoms with van der Waals surface area (Å²) in [6.07, 6.45) is 4.94. The topological polar surface area (TPSA) is 49.3 Å². The zero-order valence-electron chi connectivity index (χ0n) is 11.6. The Morgan fingerprint density at radius 1 is 1.30 bits per heavy atom. The maximum absolute atomic E-state index is 11.8. The van der Waals surface area contributed by atoms with Gasteiger partial charge in [-0.25, -0.2) is 0 Å². The number of aliphatic hydroxyl groups is 1. The molecule has 0 saturated heterocycles. The third-order valence-electron chi connectivity index (χ3n) is 4.01. The highest BCUT2D eigenvalue weighted by atomic mass is 35.5. The average Bonchev–Trinajstić information content (AvgIpc) is 2.45. The Morgan fingerprint density at radius 2 is 2.05 bits per heavy atom. The first-order chi connectivity index (χ1) is 9.66. The molecule has 0 heterocycles. The van der Waals surface area contributed by atoms with Crippen LogP contribution in [-0.2, 0) is 11.2 Å². The predicted octanol–water partition coefficient (Wildman–Crippen LogP) is 2.94. The van der Waals surface area contributed by atoms with Crippen LogP contribution in [0.15, 0.2) is 24.3 Å². The normalized spacial score (nSPS) is 22.5. The molecule has 20 heavy (non-hydrogen) atoms. The molecule has 4 heteroatoms. The highest BCUT2D eigenvalue weighted by Crippen LogP contribution is 2.23. The third-order valence-corrected chi connectivity index (χ3v) is 4.38. The minimum atomic E-state index is -0.257. The van der Waals surface area contributed by atoms with Crippen molar-refractivity contribution >= 4 is 17.5 Å². The van der Waals surface area contributed by atoms with Gasteiger partial charge in [0.1, 0.15) is 0 Å². The molecular weight excluding hydrogens is 274 g/mol. The van der Waals surface area contributed by atoms with Crippen LogP contribution in [0.4, 0.5) is 0 Å². The summed E-state index contributed by atoms with van der Waals surface area (Å²) < 4.78 is 0. The van der Waals surface area contributed by atoms with Crippen LogP contribution in [0.3, 0.4) is 0 Å². The summed E-state index contributed by atoms with van der Waals surface area (Å²) in [5.41, 5.74) is 1.00. The Bertz CT molecular complexity index is 450. The number of hydrogen-bond donors (Lipinski definition) is 2. The second-order valence-corrected chi connectivity index (χ2v) is 5.91. The van der Waals surface area contributed by atoms with Crippen LogP contribution in [0.5, 0.6) is 0 Å². The van der Waals surface area contributed by atoms with E-state index < -0.39 is 0 Å². The van der Waals surface area contributed by atoms with Crippen molar-refractivity contribution in [2.75, 3.05) is 6.54 Å². The summed E-state index contributed by atoms with van der Waals surface area (Å²) >= 11 is 6.06. The Labute approximate surface area is 125 Å².